The number of para-hydroxylation sites is 2. The summed E-state index contributed by atoms with van der Waals surface area (Å²) in [6.45, 7) is 8.05. The average Bonchev–Trinajstić information content (AvgIpc) is 3.30. The Morgan fingerprint density at radius 2 is 1.27 bits per heavy atom. The molecule has 3 atom stereocenters. The van der Waals surface area contributed by atoms with Crippen LogP contribution in [0.2, 0.25) is 0 Å². The molecule has 0 aliphatic carbocycles. The number of unbranched alkanes of at least 4 members (excludes halogenated alkanes) is 11. The Hall–Kier alpha value is -4.54. The summed E-state index contributed by atoms with van der Waals surface area (Å²) in [6, 6.07) is 32.0. The van der Waals surface area contributed by atoms with Crippen molar-refractivity contribution in [2.24, 2.45) is 0 Å². The van der Waals surface area contributed by atoms with Crippen molar-refractivity contribution in [1.82, 2.24) is 10.2 Å². The second-order valence-electron chi connectivity index (χ2n) is 17.1. The van der Waals surface area contributed by atoms with E-state index in [4.69, 9.17) is 15.2 Å². The Bertz CT molecular complexity index is 1870. The molecule has 0 spiro atoms. The number of ether oxygens (including phenoxy) is 2. The highest BCUT2D eigenvalue weighted by molar-refractivity contribution is 5.93. The zero-order chi connectivity index (χ0) is 43.8. The van der Waals surface area contributed by atoms with Crippen molar-refractivity contribution in [3.8, 4) is 11.1 Å². The van der Waals surface area contributed by atoms with Crippen molar-refractivity contribution in [2.75, 3.05) is 30.7 Å². The van der Waals surface area contributed by atoms with Gasteiger partial charge in [-0.25, -0.2) is 0 Å². The Morgan fingerprint density at radius 3 is 1.94 bits per heavy atom. The summed E-state index contributed by atoms with van der Waals surface area (Å²) in [6.07, 6.45) is 17.5. The van der Waals surface area contributed by atoms with E-state index in [2.05, 4.69) is 77.9 Å². The molecule has 1 heterocycles. The predicted octanol–water partition coefficient (Wildman–Crippen LogP) is 11.8. The van der Waals surface area contributed by atoms with E-state index in [-0.39, 0.29) is 30.6 Å². The zero-order valence-corrected chi connectivity index (χ0v) is 37.6. The van der Waals surface area contributed by atoms with Crippen LogP contribution < -0.4 is 16.4 Å². The Labute approximate surface area is 372 Å². The van der Waals surface area contributed by atoms with E-state index < -0.39 is 6.29 Å². The normalized spacial score (nSPS) is 16.4. The quantitative estimate of drug-likeness (QED) is 0.0331. The number of nitrogens with zero attached hydrogens (tertiary/aromatic N) is 1. The summed E-state index contributed by atoms with van der Waals surface area (Å²) < 4.78 is 13.6. The van der Waals surface area contributed by atoms with Gasteiger partial charge in [-0.3, -0.25) is 9.59 Å². The van der Waals surface area contributed by atoms with Crippen LogP contribution in [-0.4, -0.2) is 47.6 Å². The van der Waals surface area contributed by atoms with Crippen molar-refractivity contribution in [2.45, 2.75) is 155 Å². The van der Waals surface area contributed by atoms with Crippen LogP contribution in [0, 0.1) is 0 Å². The SMILES string of the molecule is CCCCCCCCN(CCCCCCCC)C[C@@H]1C[C@H](c2ccc(CO)cc2)O[C@H](c2ccc(-c3ccccc3CNC(=O)CCCCC(=O)Nc3ccccc3N)cc2)O1. The molecule has 0 aromatic heterocycles. The van der Waals surface area contributed by atoms with Gasteiger partial charge < -0.3 is 35.8 Å². The van der Waals surface area contributed by atoms with E-state index in [9.17, 15) is 14.7 Å². The van der Waals surface area contributed by atoms with E-state index in [1.807, 2.05) is 36.4 Å². The van der Waals surface area contributed by atoms with Crippen LogP contribution in [0.3, 0.4) is 0 Å². The minimum atomic E-state index is -0.521. The highest BCUT2D eigenvalue weighted by Gasteiger charge is 2.33. The van der Waals surface area contributed by atoms with E-state index in [0.717, 1.165) is 59.4 Å². The molecule has 1 aliphatic heterocycles. The minimum Gasteiger partial charge on any atom is -0.397 e. The van der Waals surface area contributed by atoms with Gasteiger partial charge in [-0.15, -0.1) is 0 Å². The lowest BCUT2D eigenvalue weighted by Gasteiger charge is -2.38. The second kappa shape index (κ2) is 27.5. The molecule has 5 rings (SSSR count). The molecule has 0 radical (unpaired) electrons. The molecule has 2 amide bonds. The van der Waals surface area contributed by atoms with Gasteiger partial charge in [-0.2, -0.15) is 0 Å². The largest absolute Gasteiger partial charge is 0.397 e. The lowest BCUT2D eigenvalue weighted by Crippen LogP contribution is -2.40. The molecule has 5 N–H and O–H groups in total. The van der Waals surface area contributed by atoms with E-state index in [1.165, 1.54) is 77.0 Å². The first-order valence-corrected chi connectivity index (χ1v) is 23.7. The van der Waals surface area contributed by atoms with Crippen molar-refractivity contribution in [3.05, 3.63) is 119 Å². The number of amides is 2. The van der Waals surface area contributed by atoms with Gasteiger partial charge in [0.15, 0.2) is 6.29 Å². The summed E-state index contributed by atoms with van der Waals surface area (Å²) in [4.78, 5) is 27.9. The molecular weight excluding hydrogens is 773 g/mol. The van der Waals surface area contributed by atoms with Gasteiger partial charge in [0.25, 0.3) is 0 Å². The third-order valence-electron chi connectivity index (χ3n) is 12.0. The molecule has 0 saturated carbocycles. The van der Waals surface area contributed by atoms with Crippen LogP contribution in [0.25, 0.3) is 11.1 Å². The monoisotopic (exact) mass is 847 g/mol. The third-order valence-corrected chi connectivity index (χ3v) is 12.0. The molecule has 62 heavy (non-hydrogen) atoms. The van der Waals surface area contributed by atoms with E-state index >= 15 is 0 Å². The fraction of sp³-hybridized carbons (Fsp3) is 0.509. The summed E-state index contributed by atoms with van der Waals surface area (Å²) in [5.41, 5.74) is 13.2. The van der Waals surface area contributed by atoms with Gasteiger partial charge in [0.1, 0.15) is 0 Å². The third kappa shape index (κ3) is 16.6. The number of aliphatic hydroxyl groups is 1. The number of carbonyl (C=O) groups excluding carboxylic acids is 2. The fourth-order valence-electron chi connectivity index (χ4n) is 8.30. The number of carbonyl (C=O) groups is 2. The summed E-state index contributed by atoms with van der Waals surface area (Å²) in [5, 5.41) is 15.7. The molecule has 1 aliphatic rings. The van der Waals surface area contributed by atoms with Gasteiger partial charge in [0, 0.05) is 37.9 Å². The number of benzene rings is 4. The number of nitrogens with two attached hydrogens (primary N) is 1. The Morgan fingerprint density at radius 1 is 0.677 bits per heavy atom. The minimum absolute atomic E-state index is 0.00581. The highest BCUT2D eigenvalue weighted by Crippen LogP contribution is 2.39. The van der Waals surface area contributed by atoms with Crippen LogP contribution in [0.5, 0.6) is 0 Å². The van der Waals surface area contributed by atoms with Gasteiger partial charge >= 0.3 is 0 Å². The number of anilines is 2. The van der Waals surface area contributed by atoms with Crippen LogP contribution in [0.1, 0.15) is 158 Å². The van der Waals surface area contributed by atoms with Crippen molar-refractivity contribution in [1.29, 1.82) is 0 Å². The van der Waals surface area contributed by atoms with E-state index in [1.54, 1.807) is 12.1 Å². The maximum absolute atomic E-state index is 12.8. The van der Waals surface area contributed by atoms with Gasteiger partial charge in [-0.1, -0.05) is 163 Å². The number of hydrogen-bond donors (Lipinski definition) is 4. The molecule has 0 bridgehead atoms. The maximum Gasteiger partial charge on any atom is 0.224 e. The smallest absolute Gasteiger partial charge is 0.224 e. The van der Waals surface area contributed by atoms with Crippen molar-refractivity contribution < 1.29 is 24.2 Å². The molecule has 4 aromatic carbocycles. The molecule has 0 unspecified atom stereocenters. The first-order valence-electron chi connectivity index (χ1n) is 23.7. The number of nitrogen functional groups attached to an aromatic ring is 1. The van der Waals surface area contributed by atoms with Crippen molar-refractivity contribution in [3.63, 3.8) is 0 Å². The molecule has 1 saturated heterocycles. The predicted molar refractivity (Wildman–Crippen MR) is 253 cm³/mol. The van der Waals surface area contributed by atoms with Crippen molar-refractivity contribution >= 4 is 23.2 Å². The first kappa shape index (κ1) is 48.5. The van der Waals surface area contributed by atoms with Crippen LogP contribution in [0.15, 0.2) is 97.1 Å². The van der Waals surface area contributed by atoms with E-state index in [0.29, 0.717) is 43.6 Å². The van der Waals surface area contributed by atoms with Crippen LogP contribution >= 0.6 is 0 Å². The molecule has 4 aromatic rings. The summed E-state index contributed by atoms with van der Waals surface area (Å²) in [7, 11) is 0. The number of aliphatic hydroxyl groups excluding tert-OH is 1. The molecule has 9 nitrogen and oxygen atoms in total. The topological polar surface area (TPSA) is 126 Å². The maximum atomic E-state index is 12.8. The molecule has 1 fully saturated rings. The molecular formula is C53H74N4O5. The number of nitrogens with one attached hydrogen (secondary N) is 2. The second-order valence-corrected chi connectivity index (χ2v) is 17.1. The van der Waals surface area contributed by atoms with Gasteiger partial charge in [-0.05, 0) is 78.7 Å². The summed E-state index contributed by atoms with van der Waals surface area (Å²) >= 11 is 0. The standard InChI is InChI=1S/C53H74N4O5/c1-3-5-7-9-11-19-35-57(36-20-12-10-8-6-4-2)39-46-37-50(43-29-27-41(40-58)28-30-43)62-53(61-46)44-33-31-42(32-34-44)47-22-14-13-21-45(47)38-55-51(59)25-17-18-26-52(60)56-49-24-16-15-23-48(49)54/h13-16,21-24,27-34,46,50,53,58H,3-12,17-20,25-26,35-40,54H2,1-2H3,(H,55,59)(H,56,60)/t46-,50+,53+/m0/s1. The lowest BCUT2D eigenvalue weighted by molar-refractivity contribution is -0.253. The Balaban J connectivity index is 1.20. The molecule has 9 heteroatoms. The number of hydrogen-bond acceptors (Lipinski definition) is 7. The lowest BCUT2D eigenvalue weighted by atomic mass is 9.97. The fourth-order valence-corrected chi connectivity index (χ4v) is 8.30. The molecule has 336 valence electrons. The first-order chi connectivity index (χ1) is 30.4. The summed E-state index contributed by atoms with van der Waals surface area (Å²) in [5.74, 6) is -0.149. The highest BCUT2D eigenvalue weighted by atomic mass is 16.7. The van der Waals surface area contributed by atoms with Crippen LogP contribution in [-0.2, 0) is 32.2 Å². The van der Waals surface area contributed by atoms with Gasteiger partial charge in [0.2, 0.25) is 11.8 Å². The number of rotatable bonds is 28. The Kier molecular flexibility index (Phi) is 21.5. The van der Waals surface area contributed by atoms with Gasteiger partial charge in [0.05, 0.1) is 30.2 Å². The van der Waals surface area contributed by atoms with Crippen LogP contribution in [0.4, 0.5) is 11.4 Å². The average molecular weight is 847 g/mol. The zero-order valence-electron chi connectivity index (χ0n) is 37.6.